The average molecular weight is 209 g/mol. The molecule has 3 aliphatic heterocycles. The van der Waals surface area contributed by atoms with Crippen LogP contribution in [-0.4, -0.2) is 53.8 Å². The predicted molar refractivity (Wildman–Crippen MR) is 61.3 cm³/mol. The molecule has 3 heteroatoms. The molecule has 15 heavy (non-hydrogen) atoms. The fourth-order valence-corrected chi connectivity index (χ4v) is 3.20. The Labute approximate surface area is 93.0 Å². The number of hydrogen-bond donors (Lipinski definition) is 0. The van der Waals surface area contributed by atoms with Gasteiger partial charge in [-0.2, -0.15) is 0 Å². The Morgan fingerprint density at radius 3 is 2.07 bits per heavy atom. The van der Waals surface area contributed by atoms with Gasteiger partial charge in [-0.05, 0) is 38.5 Å². The molecule has 0 spiro atoms. The summed E-state index contributed by atoms with van der Waals surface area (Å²) >= 11 is 0. The van der Waals surface area contributed by atoms with E-state index in [2.05, 4.69) is 14.9 Å². The predicted octanol–water partition coefficient (Wildman–Crippen LogP) is 1.51. The van der Waals surface area contributed by atoms with Crippen LogP contribution in [0.5, 0.6) is 0 Å². The highest BCUT2D eigenvalue weighted by atomic mass is 15.7. The lowest BCUT2D eigenvalue weighted by atomic mass is 10.1. The first-order valence-corrected chi connectivity index (χ1v) is 6.71. The van der Waals surface area contributed by atoms with Gasteiger partial charge < -0.3 is 0 Å². The highest BCUT2D eigenvalue weighted by Crippen LogP contribution is 2.27. The Kier molecular flexibility index (Phi) is 2.95. The van der Waals surface area contributed by atoms with Crippen molar-refractivity contribution in [3.05, 3.63) is 0 Å². The van der Waals surface area contributed by atoms with E-state index >= 15 is 0 Å². The highest BCUT2D eigenvalue weighted by Gasteiger charge is 2.34. The number of rotatable bonds is 2. The molecule has 3 fully saturated rings. The molecule has 3 aliphatic rings. The van der Waals surface area contributed by atoms with Crippen LogP contribution in [-0.2, 0) is 0 Å². The molecule has 0 bridgehead atoms. The fraction of sp³-hybridized carbons (Fsp3) is 1.00. The van der Waals surface area contributed by atoms with E-state index in [0.29, 0.717) is 0 Å². The van der Waals surface area contributed by atoms with E-state index in [0.717, 1.165) is 6.17 Å². The maximum absolute atomic E-state index is 2.69. The lowest BCUT2D eigenvalue weighted by molar-refractivity contribution is -0.134. The zero-order valence-corrected chi connectivity index (χ0v) is 9.70. The normalized spacial score (nSPS) is 35.6. The quantitative estimate of drug-likeness (QED) is 0.682. The van der Waals surface area contributed by atoms with E-state index in [4.69, 9.17) is 0 Å². The molecule has 0 saturated carbocycles. The summed E-state index contributed by atoms with van der Waals surface area (Å²) in [6.07, 6.45) is 9.23. The van der Waals surface area contributed by atoms with E-state index < -0.39 is 0 Å². The van der Waals surface area contributed by atoms with Crippen LogP contribution in [0, 0.1) is 0 Å². The Balaban J connectivity index is 1.65. The average Bonchev–Trinajstić information content (AvgIpc) is 2.69. The molecule has 0 amide bonds. The second-order valence-electron chi connectivity index (χ2n) is 5.19. The van der Waals surface area contributed by atoms with E-state index in [9.17, 15) is 0 Å². The molecule has 0 aliphatic carbocycles. The summed E-state index contributed by atoms with van der Waals surface area (Å²) < 4.78 is 0. The molecule has 3 saturated heterocycles. The summed E-state index contributed by atoms with van der Waals surface area (Å²) in [6.45, 7) is 6.61. The monoisotopic (exact) mass is 209 g/mol. The van der Waals surface area contributed by atoms with Crippen LogP contribution in [0.1, 0.15) is 38.5 Å². The van der Waals surface area contributed by atoms with Crippen LogP contribution in [0.2, 0.25) is 0 Å². The summed E-state index contributed by atoms with van der Waals surface area (Å²) in [6, 6.07) is 0. The standard InChI is InChI=1S/C12H23N3/c1-2-11-15(14-9-3-4-10-14)12(6-1)13-7-5-8-13/h12H,1-11H2. The lowest BCUT2D eigenvalue weighted by Crippen LogP contribution is -2.60. The Morgan fingerprint density at radius 1 is 0.667 bits per heavy atom. The molecule has 0 aromatic carbocycles. The molecule has 3 rings (SSSR count). The number of piperidine rings is 1. The van der Waals surface area contributed by atoms with Crippen LogP contribution in [0.3, 0.4) is 0 Å². The molecule has 3 heterocycles. The van der Waals surface area contributed by atoms with Gasteiger partial charge in [-0.15, -0.1) is 0 Å². The third-order valence-electron chi connectivity index (χ3n) is 4.20. The first-order valence-electron chi connectivity index (χ1n) is 6.71. The summed E-state index contributed by atoms with van der Waals surface area (Å²) in [7, 11) is 0. The van der Waals surface area contributed by atoms with E-state index in [1.54, 1.807) is 0 Å². The SMILES string of the molecule is C1CCN(N2CCCC2)C(N2CCC2)C1. The van der Waals surface area contributed by atoms with Crippen LogP contribution in [0.4, 0.5) is 0 Å². The third kappa shape index (κ3) is 1.93. The molecule has 1 atom stereocenters. The van der Waals surface area contributed by atoms with E-state index in [-0.39, 0.29) is 0 Å². The Bertz CT molecular complexity index is 209. The second-order valence-corrected chi connectivity index (χ2v) is 5.19. The lowest BCUT2D eigenvalue weighted by Gasteiger charge is -2.49. The number of nitrogens with zero attached hydrogens (tertiary/aromatic N) is 3. The van der Waals surface area contributed by atoms with E-state index in [1.165, 1.54) is 71.2 Å². The molecule has 1 unspecified atom stereocenters. The highest BCUT2D eigenvalue weighted by molar-refractivity contribution is 4.82. The molecule has 0 N–H and O–H groups in total. The fourth-order valence-electron chi connectivity index (χ4n) is 3.20. The Hall–Kier alpha value is -0.120. The van der Waals surface area contributed by atoms with Gasteiger partial charge in [-0.25, -0.2) is 10.0 Å². The summed E-state index contributed by atoms with van der Waals surface area (Å²) in [5.74, 6) is 0. The maximum Gasteiger partial charge on any atom is 0.0760 e. The van der Waals surface area contributed by atoms with Crippen molar-refractivity contribution >= 4 is 0 Å². The summed E-state index contributed by atoms with van der Waals surface area (Å²) in [4.78, 5) is 2.68. The second kappa shape index (κ2) is 4.40. The van der Waals surface area contributed by atoms with Crippen LogP contribution >= 0.6 is 0 Å². The van der Waals surface area contributed by atoms with Crippen LogP contribution < -0.4 is 0 Å². The zero-order chi connectivity index (χ0) is 10.1. The molecular formula is C12H23N3. The van der Waals surface area contributed by atoms with Gasteiger partial charge in [-0.1, -0.05) is 0 Å². The van der Waals surface area contributed by atoms with Crippen molar-refractivity contribution in [3.63, 3.8) is 0 Å². The van der Waals surface area contributed by atoms with Gasteiger partial charge in [0.2, 0.25) is 0 Å². The van der Waals surface area contributed by atoms with Gasteiger partial charge >= 0.3 is 0 Å². The van der Waals surface area contributed by atoms with Gasteiger partial charge in [0.1, 0.15) is 0 Å². The van der Waals surface area contributed by atoms with Crippen molar-refractivity contribution in [2.75, 3.05) is 32.7 Å². The first kappa shape index (κ1) is 10.1. The van der Waals surface area contributed by atoms with Crippen molar-refractivity contribution in [1.29, 1.82) is 0 Å². The molecule has 0 aromatic heterocycles. The van der Waals surface area contributed by atoms with Crippen molar-refractivity contribution in [2.45, 2.75) is 44.7 Å². The number of hydrogen-bond acceptors (Lipinski definition) is 3. The van der Waals surface area contributed by atoms with Gasteiger partial charge in [0.05, 0.1) is 6.17 Å². The minimum absolute atomic E-state index is 0.755. The summed E-state index contributed by atoms with van der Waals surface area (Å²) in [5, 5.41) is 5.32. The largest absolute Gasteiger partial charge is 0.287 e. The minimum atomic E-state index is 0.755. The number of hydrazine groups is 1. The molecule has 0 aromatic rings. The molecule has 0 radical (unpaired) electrons. The van der Waals surface area contributed by atoms with Crippen LogP contribution in [0.25, 0.3) is 0 Å². The van der Waals surface area contributed by atoms with Gasteiger partial charge in [-0.3, -0.25) is 4.90 Å². The molecular weight excluding hydrogens is 186 g/mol. The van der Waals surface area contributed by atoms with E-state index in [1.807, 2.05) is 0 Å². The van der Waals surface area contributed by atoms with Crippen molar-refractivity contribution < 1.29 is 0 Å². The first-order chi connectivity index (χ1) is 7.45. The minimum Gasteiger partial charge on any atom is -0.287 e. The van der Waals surface area contributed by atoms with Gasteiger partial charge in [0, 0.05) is 32.7 Å². The maximum atomic E-state index is 2.69. The van der Waals surface area contributed by atoms with Crippen LogP contribution in [0.15, 0.2) is 0 Å². The van der Waals surface area contributed by atoms with Crippen molar-refractivity contribution in [3.8, 4) is 0 Å². The molecule has 86 valence electrons. The topological polar surface area (TPSA) is 9.72 Å². The van der Waals surface area contributed by atoms with Crippen molar-refractivity contribution in [2.24, 2.45) is 0 Å². The summed E-state index contributed by atoms with van der Waals surface area (Å²) in [5.41, 5.74) is 0. The van der Waals surface area contributed by atoms with Crippen molar-refractivity contribution in [1.82, 2.24) is 14.9 Å². The van der Waals surface area contributed by atoms with Gasteiger partial charge in [0.15, 0.2) is 0 Å². The smallest absolute Gasteiger partial charge is 0.0760 e. The Morgan fingerprint density at radius 2 is 1.40 bits per heavy atom. The van der Waals surface area contributed by atoms with Gasteiger partial charge in [0.25, 0.3) is 0 Å². The molecule has 3 nitrogen and oxygen atoms in total. The zero-order valence-electron chi connectivity index (χ0n) is 9.70. The third-order valence-corrected chi connectivity index (χ3v) is 4.20. The number of likely N-dealkylation sites (tertiary alicyclic amines) is 1.